The van der Waals surface area contributed by atoms with Gasteiger partial charge in [0.1, 0.15) is 12.1 Å². The number of para-hydroxylation sites is 1. The smallest absolute Gasteiger partial charge is 0.324 e. The molecule has 1 atom stereocenters. The van der Waals surface area contributed by atoms with Gasteiger partial charge in [0, 0.05) is 5.69 Å². The quantitative estimate of drug-likeness (QED) is 0.800. The number of carbonyl (C=O) groups is 3. The van der Waals surface area contributed by atoms with E-state index >= 15 is 0 Å². The Balaban J connectivity index is 1.77. The molecule has 1 saturated heterocycles. The van der Waals surface area contributed by atoms with Crippen LogP contribution in [0.15, 0.2) is 48.5 Å². The van der Waals surface area contributed by atoms with Gasteiger partial charge in [0.25, 0.3) is 5.91 Å². The molecule has 27 heavy (non-hydrogen) atoms. The molecular weight excluding hydrogens is 342 g/mol. The van der Waals surface area contributed by atoms with Crippen LogP contribution >= 0.6 is 0 Å². The molecule has 140 valence electrons. The molecule has 2 N–H and O–H groups in total. The molecule has 0 aromatic heterocycles. The number of aryl methyl sites for hydroxylation is 2. The molecule has 2 aromatic carbocycles. The zero-order valence-corrected chi connectivity index (χ0v) is 15.7. The number of carbonyl (C=O) groups excluding carboxylic acids is 3. The van der Waals surface area contributed by atoms with E-state index in [9.17, 15) is 14.4 Å². The van der Waals surface area contributed by atoms with Gasteiger partial charge in [0.2, 0.25) is 5.91 Å². The fourth-order valence-electron chi connectivity index (χ4n) is 3.33. The van der Waals surface area contributed by atoms with Gasteiger partial charge in [-0.15, -0.1) is 0 Å². The molecular formula is C21H23N3O3. The van der Waals surface area contributed by atoms with Gasteiger partial charge in [-0.2, -0.15) is 0 Å². The lowest BCUT2D eigenvalue weighted by Gasteiger charge is -2.22. The average molecular weight is 365 g/mol. The summed E-state index contributed by atoms with van der Waals surface area (Å²) in [5.41, 5.74) is 2.19. The van der Waals surface area contributed by atoms with Crippen LogP contribution in [0.1, 0.15) is 30.5 Å². The fraction of sp³-hybridized carbons (Fsp3) is 0.286. The van der Waals surface area contributed by atoms with E-state index in [0.29, 0.717) is 5.56 Å². The Morgan fingerprint density at radius 1 is 1.11 bits per heavy atom. The van der Waals surface area contributed by atoms with E-state index < -0.39 is 23.4 Å². The molecule has 2 aromatic rings. The molecule has 1 heterocycles. The summed E-state index contributed by atoms with van der Waals surface area (Å²) in [7, 11) is 0. The van der Waals surface area contributed by atoms with Crippen LogP contribution in [0.4, 0.5) is 10.5 Å². The first-order valence-electron chi connectivity index (χ1n) is 8.94. The number of nitrogens with zero attached hydrogens (tertiary/aromatic N) is 1. The summed E-state index contributed by atoms with van der Waals surface area (Å²) >= 11 is 0. The van der Waals surface area contributed by atoms with Crippen molar-refractivity contribution in [3.63, 3.8) is 0 Å². The van der Waals surface area contributed by atoms with E-state index in [1.165, 1.54) is 0 Å². The first-order valence-corrected chi connectivity index (χ1v) is 8.94. The predicted molar refractivity (Wildman–Crippen MR) is 103 cm³/mol. The third kappa shape index (κ3) is 3.43. The third-order valence-corrected chi connectivity index (χ3v) is 4.93. The van der Waals surface area contributed by atoms with Crippen LogP contribution in [0.2, 0.25) is 0 Å². The van der Waals surface area contributed by atoms with Crippen molar-refractivity contribution < 1.29 is 14.4 Å². The Hall–Kier alpha value is -3.15. The minimum absolute atomic E-state index is 0.329. The second-order valence-corrected chi connectivity index (χ2v) is 6.82. The fourth-order valence-corrected chi connectivity index (χ4v) is 3.33. The van der Waals surface area contributed by atoms with Crippen molar-refractivity contribution in [2.45, 2.75) is 32.7 Å². The predicted octanol–water partition coefficient (Wildman–Crippen LogP) is 2.96. The topological polar surface area (TPSA) is 78.5 Å². The number of rotatable bonds is 5. The Morgan fingerprint density at radius 3 is 2.48 bits per heavy atom. The second kappa shape index (κ2) is 7.23. The highest BCUT2D eigenvalue weighted by Crippen LogP contribution is 2.28. The normalized spacial score (nSPS) is 19.1. The van der Waals surface area contributed by atoms with Crippen LogP contribution in [0.3, 0.4) is 0 Å². The van der Waals surface area contributed by atoms with Crippen LogP contribution in [0, 0.1) is 6.92 Å². The lowest BCUT2D eigenvalue weighted by Crippen LogP contribution is -2.42. The van der Waals surface area contributed by atoms with Crippen LogP contribution in [-0.4, -0.2) is 29.3 Å². The highest BCUT2D eigenvalue weighted by molar-refractivity contribution is 6.10. The van der Waals surface area contributed by atoms with Gasteiger partial charge in [0.05, 0.1) is 0 Å². The molecule has 6 nitrogen and oxygen atoms in total. The maximum absolute atomic E-state index is 12.9. The number of hydrogen-bond donors (Lipinski definition) is 2. The monoisotopic (exact) mass is 365 g/mol. The van der Waals surface area contributed by atoms with E-state index in [2.05, 4.69) is 10.6 Å². The first-order chi connectivity index (χ1) is 12.9. The summed E-state index contributed by atoms with van der Waals surface area (Å²) < 4.78 is 0. The van der Waals surface area contributed by atoms with Crippen molar-refractivity contribution in [2.75, 3.05) is 11.9 Å². The zero-order chi connectivity index (χ0) is 19.6. The molecule has 6 heteroatoms. The molecule has 1 fully saturated rings. The van der Waals surface area contributed by atoms with Gasteiger partial charge >= 0.3 is 6.03 Å². The van der Waals surface area contributed by atoms with Crippen molar-refractivity contribution in [3.05, 3.63) is 65.2 Å². The number of amides is 4. The SMILES string of the molecule is CCc1cccc(C)c1NC(=O)CN1C(=O)N[C@@](C)(c2ccccc2)C1=O. The van der Waals surface area contributed by atoms with Gasteiger partial charge in [-0.1, -0.05) is 55.5 Å². The summed E-state index contributed by atoms with van der Waals surface area (Å²) in [6.45, 7) is 5.24. The molecule has 0 aliphatic carbocycles. The van der Waals surface area contributed by atoms with Gasteiger partial charge < -0.3 is 10.6 Å². The lowest BCUT2D eigenvalue weighted by atomic mass is 9.92. The number of anilines is 1. The molecule has 0 bridgehead atoms. The largest absolute Gasteiger partial charge is 0.325 e. The van der Waals surface area contributed by atoms with Crippen molar-refractivity contribution in [2.24, 2.45) is 0 Å². The number of hydrogen-bond acceptors (Lipinski definition) is 3. The third-order valence-electron chi connectivity index (χ3n) is 4.93. The van der Waals surface area contributed by atoms with E-state index in [0.717, 1.165) is 28.1 Å². The van der Waals surface area contributed by atoms with Crippen LogP contribution in [-0.2, 0) is 21.5 Å². The number of nitrogens with one attached hydrogen (secondary N) is 2. The molecule has 0 spiro atoms. The van der Waals surface area contributed by atoms with E-state index in [1.54, 1.807) is 31.2 Å². The molecule has 1 aliphatic heterocycles. The van der Waals surface area contributed by atoms with E-state index in [1.807, 2.05) is 38.1 Å². The van der Waals surface area contributed by atoms with Gasteiger partial charge in [0.15, 0.2) is 0 Å². The second-order valence-electron chi connectivity index (χ2n) is 6.82. The maximum atomic E-state index is 12.9. The molecule has 0 radical (unpaired) electrons. The van der Waals surface area contributed by atoms with Crippen LogP contribution in [0.5, 0.6) is 0 Å². The number of imide groups is 1. The Bertz CT molecular complexity index is 895. The highest BCUT2D eigenvalue weighted by atomic mass is 16.2. The van der Waals surface area contributed by atoms with Crippen molar-refractivity contribution in [1.29, 1.82) is 0 Å². The van der Waals surface area contributed by atoms with Crippen LogP contribution in [0.25, 0.3) is 0 Å². The zero-order valence-electron chi connectivity index (χ0n) is 15.7. The van der Waals surface area contributed by atoms with E-state index in [-0.39, 0.29) is 6.54 Å². The average Bonchev–Trinajstić information content (AvgIpc) is 2.88. The molecule has 1 aliphatic rings. The van der Waals surface area contributed by atoms with Gasteiger partial charge in [-0.05, 0) is 37.0 Å². The van der Waals surface area contributed by atoms with E-state index in [4.69, 9.17) is 0 Å². The summed E-state index contributed by atoms with van der Waals surface area (Å²) in [5, 5.41) is 5.56. The van der Waals surface area contributed by atoms with Gasteiger partial charge in [-0.25, -0.2) is 4.79 Å². The Kier molecular flexibility index (Phi) is 4.99. The molecule has 4 amide bonds. The number of urea groups is 1. The molecule has 3 rings (SSSR count). The molecule has 0 saturated carbocycles. The van der Waals surface area contributed by atoms with Crippen molar-refractivity contribution in [1.82, 2.24) is 10.2 Å². The van der Waals surface area contributed by atoms with Crippen LogP contribution < -0.4 is 10.6 Å². The highest BCUT2D eigenvalue weighted by Gasteiger charge is 2.49. The minimum Gasteiger partial charge on any atom is -0.324 e. The lowest BCUT2D eigenvalue weighted by molar-refractivity contribution is -0.133. The first kappa shape index (κ1) is 18.6. The van der Waals surface area contributed by atoms with Gasteiger partial charge in [-0.3, -0.25) is 14.5 Å². The van der Waals surface area contributed by atoms with Crippen molar-refractivity contribution in [3.8, 4) is 0 Å². The summed E-state index contributed by atoms with van der Waals surface area (Å²) in [6, 6.07) is 14.2. The summed E-state index contributed by atoms with van der Waals surface area (Å²) in [5.74, 6) is -0.839. The standard InChI is InChI=1S/C21H23N3O3/c1-4-15-10-8-9-14(2)18(15)22-17(25)13-24-19(26)21(3,23-20(24)27)16-11-6-5-7-12-16/h5-12H,4,13H2,1-3H3,(H,22,25)(H,23,27)/t21-/m0/s1. The Morgan fingerprint density at radius 2 is 1.81 bits per heavy atom. The molecule has 0 unspecified atom stereocenters. The minimum atomic E-state index is -1.17. The number of benzene rings is 2. The van der Waals surface area contributed by atoms with Crippen molar-refractivity contribution >= 4 is 23.5 Å². The summed E-state index contributed by atoms with van der Waals surface area (Å²) in [4.78, 5) is 38.8. The summed E-state index contributed by atoms with van der Waals surface area (Å²) in [6.07, 6.45) is 0.770. The Labute approximate surface area is 158 Å². The maximum Gasteiger partial charge on any atom is 0.325 e.